The lowest BCUT2D eigenvalue weighted by atomic mass is 9.90. The molecule has 7 heteroatoms. The number of hydrogen-bond donors (Lipinski definition) is 3. The SMILES string of the molecule is CCNC(=NCc1ccc2c(c1)OCO2)NCC1CC(=O)Nc2ccccc21. The molecule has 2 aliphatic heterocycles. The highest BCUT2D eigenvalue weighted by Gasteiger charge is 2.24. The first-order chi connectivity index (χ1) is 13.7. The highest BCUT2D eigenvalue weighted by Crippen LogP contribution is 2.33. The molecule has 0 saturated carbocycles. The van der Waals surface area contributed by atoms with E-state index in [0.717, 1.165) is 40.8 Å². The molecule has 7 nitrogen and oxygen atoms in total. The smallest absolute Gasteiger partial charge is 0.231 e. The number of amides is 1. The van der Waals surface area contributed by atoms with Crippen molar-refractivity contribution in [3.63, 3.8) is 0 Å². The van der Waals surface area contributed by atoms with Gasteiger partial charge < -0.3 is 25.4 Å². The fourth-order valence-corrected chi connectivity index (χ4v) is 3.46. The van der Waals surface area contributed by atoms with Gasteiger partial charge in [-0.1, -0.05) is 24.3 Å². The molecule has 0 radical (unpaired) electrons. The van der Waals surface area contributed by atoms with Crippen molar-refractivity contribution in [3.8, 4) is 11.5 Å². The van der Waals surface area contributed by atoms with E-state index in [1.165, 1.54) is 0 Å². The number of aliphatic imine (C=N–C) groups is 1. The lowest BCUT2D eigenvalue weighted by Gasteiger charge is -2.26. The van der Waals surface area contributed by atoms with Gasteiger partial charge in [0.15, 0.2) is 17.5 Å². The van der Waals surface area contributed by atoms with Crippen molar-refractivity contribution in [1.82, 2.24) is 10.6 Å². The van der Waals surface area contributed by atoms with Crippen molar-refractivity contribution in [2.45, 2.75) is 25.8 Å². The van der Waals surface area contributed by atoms with Crippen LogP contribution in [-0.4, -0.2) is 31.7 Å². The van der Waals surface area contributed by atoms with E-state index in [1.807, 2.05) is 43.3 Å². The molecular formula is C21H24N4O3. The number of guanidine groups is 1. The number of rotatable bonds is 5. The van der Waals surface area contributed by atoms with Gasteiger partial charge in [-0.05, 0) is 36.2 Å². The number of nitrogens with zero attached hydrogens (tertiary/aromatic N) is 1. The molecule has 28 heavy (non-hydrogen) atoms. The van der Waals surface area contributed by atoms with Crippen LogP contribution in [-0.2, 0) is 11.3 Å². The molecule has 2 aromatic carbocycles. The minimum Gasteiger partial charge on any atom is -0.454 e. The summed E-state index contributed by atoms with van der Waals surface area (Å²) in [5, 5.41) is 9.57. The fraction of sp³-hybridized carbons (Fsp3) is 0.333. The molecule has 1 amide bonds. The Kier molecular flexibility index (Phi) is 5.32. The van der Waals surface area contributed by atoms with Gasteiger partial charge in [0.1, 0.15) is 0 Å². The predicted molar refractivity (Wildman–Crippen MR) is 108 cm³/mol. The number of nitrogens with one attached hydrogen (secondary N) is 3. The average Bonchev–Trinajstić information content (AvgIpc) is 3.17. The van der Waals surface area contributed by atoms with Crippen LogP contribution in [0.1, 0.15) is 30.4 Å². The van der Waals surface area contributed by atoms with E-state index in [2.05, 4.69) is 27.0 Å². The van der Waals surface area contributed by atoms with Gasteiger partial charge in [0, 0.05) is 31.1 Å². The average molecular weight is 380 g/mol. The van der Waals surface area contributed by atoms with Gasteiger partial charge in [-0.25, -0.2) is 4.99 Å². The Morgan fingerprint density at radius 3 is 2.93 bits per heavy atom. The number of para-hydroxylation sites is 1. The van der Waals surface area contributed by atoms with E-state index in [1.54, 1.807) is 0 Å². The number of benzene rings is 2. The van der Waals surface area contributed by atoms with Crippen LogP contribution in [0.2, 0.25) is 0 Å². The number of hydrogen-bond acceptors (Lipinski definition) is 4. The Morgan fingerprint density at radius 2 is 2.04 bits per heavy atom. The molecule has 4 rings (SSSR count). The molecule has 0 aromatic heterocycles. The number of anilines is 1. The number of fused-ring (bicyclic) bond motifs is 2. The molecule has 0 bridgehead atoms. The maximum absolute atomic E-state index is 12.0. The summed E-state index contributed by atoms with van der Waals surface area (Å²) in [5.74, 6) is 2.42. The Morgan fingerprint density at radius 1 is 1.18 bits per heavy atom. The van der Waals surface area contributed by atoms with Crippen molar-refractivity contribution >= 4 is 17.6 Å². The molecule has 2 aliphatic rings. The van der Waals surface area contributed by atoms with E-state index < -0.39 is 0 Å². The Bertz CT molecular complexity index is 897. The zero-order valence-corrected chi connectivity index (χ0v) is 15.8. The summed E-state index contributed by atoms with van der Waals surface area (Å²) in [6, 6.07) is 13.8. The number of carbonyl (C=O) groups is 1. The van der Waals surface area contributed by atoms with E-state index in [-0.39, 0.29) is 18.6 Å². The molecule has 0 fully saturated rings. The standard InChI is InChI=1S/C21H24N4O3/c1-2-22-21(23-11-14-7-8-18-19(9-14)28-13-27-18)24-12-15-10-20(26)25-17-6-4-3-5-16(15)17/h3-9,15H,2,10-13H2,1H3,(H,25,26)(H2,22,23,24). The molecule has 1 unspecified atom stereocenters. The second kappa shape index (κ2) is 8.21. The molecule has 2 heterocycles. The molecule has 3 N–H and O–H groups in total. The summed E-state index contributed by atoms with van der Waals surface area (Å²) in [6.07, 6.45) is 0.464. The zero-order valence-electron chi connectivity index (χ0n) is 15.8. The molecule has 0 spiro atoms. The van der Waals surface area contributed by atoms with E-state index >= 15 is 0 Å². The van der Waals surface area contributed by atoms with Crippen molar-refractivity contribution in [1.29, 1.82) is 0 Å². The maximum Gasteiger partial charge on any atom is 0.231 e. The van der Waals surface area contributed by atoms with Crippen LogP contribution in [0.5, 0.6) is 11.5 Å². The molecule has 1 atom stereocenters. The number of ether oxygens (including phenoxy) is 2. The van der Waals surface area contributed by atoms with Gasteiger partial charge in [0.25, 0.3) is 0 Å². The summed E-state index contributed by atoms with van der Waals surface area (Å²) < 4.78 is 10.8. The monoisotopic (exact) mass is 380 g/mol. The quantitative estimate of drug-likeness (QED) is 0.549. The third-order valence-electron chi connectivity index (χ3n) is 4.82. The maximum atomic E-state index is 12.0. The topological polar surface area (TPSA) is 84.0 Å². The lowest BCUT2D eigenvalue weighted by Crippen LogP contribution is -2.40. The second-order valence-corrected chi connectivity index (χ2v) is 6.80. The van der Waals surface area contributed by atoms with E-state index in [0.29, 0.717) is 19.5 Å². The molecule has 0 saturated heterocycles. The minimum atomic E-state index is 0.0489. The molecule has 146 valence electrons. The minimum absolute atomic E-state index is 0.0489. The van der Waals surface area contributed by atoms with Crippen molar-refractivity contribution in [2.24, 2.45) is 4.99 Å². The molecule has 2 aromatic rings. The zero-order chi connectivity index (χ0) is 19.3. The van der Waals surface area contributed by atoms with Crippen LogP contribution in [0.25, 0.3) is 0 Å². The van der Waals surface area contributed by atoms with Gasteiger partial charge in [-0.2, -0.15) is 0 Å². The Labute approximate surface area is 164 Å². The first-order valence-electron chi connectivity index (χ1n) is 9.52. The van der Waals surface area contributed by atoms with Crippen LogP contribution in [0.3, 0.4) is 0 Å². The summed E-state index contributed by atoms with van der Waals surface area (Å²) in [5.41, 5.74) is 3.10. The van der Waals surface area contributed by atoms with Gasteiger partial charge >= 0.3 is 0 Å². The van der Waals surface area contributed by atoms with Crippen LogP contribution in [0, 0.1) is 0 Å². The highest BCUT2D eigenvalue weighted by atomic mass is 16.7. The summed E-state index contributed by atoms with van der Waals surface area (Å²) in [6.45, 7) is 4.21. The highest BCUT2D eigenvalue weighted by molar-refractivity contribution is 5.94. The van der Waals surface area contributed by atoms with E-state index in [4.69, 9.17) is 9.47 Å². The van der Waals surface area contributed by atoms with Crippen LogP contribution in [0.4, 0.5) is 5.69 Å². The van der Waals surface area contributed by atoms with Crippen molar-refractivity contribution in [2.75, 3.05) is 25.2 Å². The summed E-state index contributed by atoms with van der Waals surface area (Å²) in [7, 11) is 0. The van der Waals surface area contributed by atoms with Gasteiger partial charge in [-0.3, -0.25) is 4.79 Å². The first-order valence-corrected chi connectivity index (χ1v) is 9.52. The van der Waals surface area contributed by atoms with E-state index in [9.17, 15) is 4.79 Å². The number of carbonyl (C=O) groups excluding carboxylic acids is 1. The predicted octanol–water partition coefficient (Wildman–Crippen LogP) is 2.60. The normalized spacial score (nSPS) is 17.7. The Hall–Kier alpha value is -3.22. The van der Waals surface area contributed by atoms with Crippen LogP contribution in [0.15, 0.2) is 47.5 Å². The summed E-state index contributed by atoms with van der Waals surface area (Å²) >= 11 is 0. The Balaban J connectivity index is 1.42. The molecular weight excluding hydrogens is 356 g/mol. The van der Waals surface area contributed by atoms with Gasteiger partial charge in [0.05, 0.1) is 6.54 Å². The third kappa shape index (κ3) is 4.03. The first kappa shape index (κ1) is 18.2. The van der Waals surface area contributed by atoms with Gasteiger partial charge in [-0.15, -0.1) is 0 Å². The van der Waals surface area contributed by atoms with Crippen molar-refractivity contribution < 1.29 is 14.3 Å². The second-order valence-electron chi connectivity index (χ2n) is 6.80. The lowest BCUT2D eigenvalue weighted by molar-refractivity contribution is -0.116. The summed E-state index contributed by atoms with van der Waals surface area (Å²) in [4.78, 5) is 16.7. The van der Waals surface area contributed by atoms with Gasteiger partial charge in [0.2, 0.25) is 12.7 Å². The molecule has 0 aliphatic carbocycles. The van der Waals surface area contributed by atoms with Crippen LogP contribution < -0.4 is 25.4 Å². The van der Waals surface area contributed by atoms with Crippen LogP contribution >= 0.6 is 0 Å². The fourth-order valence-electron chi connectivity index (χ4n) is 3.46. The largest absolute Gasteiger partial charge is 0.454 e. The third-order valence-corrected chi connectivity index (χ3v) is 4.82. The van der Waals surface area contributed by atoms with Crippen molar-refractivity contribution in [3.05, 3.63) is 53.6 Å².